The Morgan fingerprint density at radius 2 is 1.96 bits per heavy atom. The molecule has 0 saturated carbocycles. The predicted octanol–water partition coefficient (Wildman–Crippen LogP) is 1.95. The molecule has 0 aliphatic carbocycles. The minimum Gasteiger partial charge on any atom is -0.451 e. The van der Waals surface area contributed by atoms with Gasteiger partial charge in [0.1, 0.15) is 11.5 Å². The van der Waals surface area contributed by atoms with E-state index in [9.17, 15) is 14.0 Å². The second-order valence-electron chi connectivity index (χ2n) is 5.07. The van der Waals surface area contributed by atoms with Crippen LogP contribution in [0.5, 0.6) is 0 Å². The van der Waals surface area contributed by atoms with Crippen molar-refractivity contribution in [3.63, 3.8) is 0 Å². The molecule has 1 N–H and O–H groups in total. The van der Waals surface area contributed by atoms with E-state index in [1.807, 2.05) is 6.07 Å². The van der Waals surface area contributed by atoms with Gasteiger partial charge < -0.3 is 14.5 Å². The van der Waals surface area contributed by atoms with Crippen molar-refractivity contribution in [3.05, 3.63) is 71.9 Å². The van der Waals surface area contributed by atoms with Crippen molar-refractivity contribution in [2.45, 2.75) is 6.54 Å². The summed E-state index contributed by atoms with van der Waals surface area (Å²) < 4.78 is 19.4. The molecular weight excluding hydrogens is 313 g/mol. The summed E-state index contributed by atoms with van der Waals surface area (Å²) in [4.78, 5) is 27.7. The minimum absolute atomic E-state index is 0.132. The lowest BCUT2D eigenvalue weighted by atomic mass is 10.2. The number of pyridine rings is 1. The Morgan fingerprint density at radius 3 is 2.71 bits per heavy atom. The van der Waals surface area contributed by atoms with Gasteiger partial charge in [-0.25, -0.2) is 14.2 Å². The molecule has 0 aliphatic rings. The lowest BCUT2D eigenvalue weighted by Crippen LogP contribution is -2.28. The maximum absolute atomic E-state index is 12.8. The number of aromatic nitrogens is 2. The van der Waals surface area contributed by atoms with Crippen LogP contribution in [-0.2, 0) is 16.1 Å². The van der Waals surface area contributed by atoms with E-state index in [0.29, 0.717) is 5.65 Å². The van der Waals surface area contributed by atoms with Crippen LogP contribution in [0.15, 0.2) is 54.9 Å². The molecule has 0 atom stereocenters. The molecule has 122 valence electrons. The van der Waals surface area contributed by atoms with Crippen molar-refractivity contribution in [1.29, 1.82) is 0 Å². The number of carbonyl (C=O) groups is 2. The molecule has 1 amide bonds. The molecule has 1 aromatic carbocycles. The first-order valence-corrected chi connectivity index (χ1v) is 7.24. The number of hydrogen-bond acceptors (Lipinski definition) is 4. The molecule has 3 aromatic rings. The monoisotopic (exact) mass is 327 g/mol. The van der Waals surface area contributed by atoms with Gasteiger partial charge in [0.05, 0.1) is 0 Å². The van der Waals surface area contributed by atoms with E-state index < -0.39 is 18.5 Å². The Labute approximate surface area is 136 Å². The Hall–Kier alpha value is -3.22. The number of esters is 1. The van der Waals surface area contributed by atoms with Gasteiger partial charge >= 0.3 is 5.97 Å². The number of imidazole rings is 1. The van der Waals surface area contributed by atoms with Crippen LogP contribution in [0, 0.1) is 5.82 Å². The van der Waals surface area contributed by atoms with E-state index in [1.165, 1.54) is 18.3 Å². The molecule has 2 heterocycles. The highest BCUT2D eigenvalue weighted by Gasteiger charge is 2.13. The molecule has 0 unspecified atom stereocenters. The molecule has 0 bridgehead atoms. The lowest BCUT2D eigenvalue weighted by molar-refractivity contribution is -0.124. The zero-order chi connectivity index (χ0) is 16.9. The number of rotatable bonds is 5. The first-order chi connectivity index (χ1) is 11.6. The second kappa shape index (κ2) is 6.91. The van der Waals surface area contributed by atoms with Gasteiger partial charge in [-0.05, 0) is 29.8 Å². The van der Waals surface area contributed by atoms with E-state index in [0.717, 1.165) is 5.56 Å². The van der Waals surface area contributed by atoms with Crippen LogP contribution in [0.25, 0.3) is 5.65 Å². The summed E-state index contributed by atoms with van der Waals surface area (Å²) in [5.74, 6) is -1.46. The van der Waals surface area contributed by atoms with Gasteiger partial charge in [-0.15, -0.1) is 0 Å². The van der Waals surface area contributed by atoms with Crippen LogP contribution >= 0.6 is 0 Å². The van der Waals surface area contributed by atoms with Gasteiger partial charge in [-0.1, -0.05) is 18.2 Å². The Bertz CT molecular complexity index is 841. The van der Waals surface area contributed by atoms with Crippen LogP contribution in [0.3, 0.4) is 0 Å². The quantitative estimate of drug-likeness (QED) is 0.727. The summed E-state index contributed by atoms with van der Waals surface area (Å²) in [6.07, 6.45) is 3.29. The summed E-state index contributed by atoms with van der Waals surface area (Å²) >= 11 is 0. The number of nitrogens with zero attached hydrogens (tertiary/aromatic N) is 2. The predicted molar refractivity (Wildman–Crippen MR) is 83.7 cm³/mol. The summed E-state index contributed by atoms with van der Waals surface area (Å²) in [5, 5.41) is 2.59. The van der Waals surface area contributed by atoms with Crippen molar-refractivity contribution < 1.29 is 18.7 Å². The molecule has 0 aliphatic heterocycles. The maximum Gasteiger partial charge on any atom is 0.359 e. The standard InChI is InChI=1S/C17H14FN3O3/c18-13-6-4-12(5-7-13)9-19-16(22)11-24-17(23)14-10-21-8-2-1-3-15(21)20-14/h1-8,10H,9,11H2,(H,19,22). The van der Waals surface area contributed by atoms with Gasteiger partial charge in [0, 0.05) is 18.9 Å². The average Bonchev–Trinajstić information content (AvgIpc) is 3.03. The maximum atomic E-state index is 12.8. The van der Waals surface area contributed by atoms with Gasteiger partial charge in [-0.3, -0.25) is 4.79 Å². The first kappa shape index (κ1) is 15.7. The number of ether oxygens (including phenoxy) is 1. The second-order valence-corrected chi connectivity index (χ2v) is 5.07. The minimum atomic E-state index is -0.671. The van der Waals surface area contributed by atoms with E-state index in [1.54, 1.807) is 34.9 Å². The highest BCUT2D eigenvalue weighted by atomic mass is 19.1. The fourth-order valence-electron chi connectivity index (χ4n) is 2.09. The van der Waals surface area contributed by atoms with Crippen molar-refractivity contribution in [2.24, 2.45) is 0 Å². The number of amides is 1. The smallest absolute Gasteiger partial charge is 0.359 e. The zero-order valence-corrected chi connectivity index (χ0v) is 12.6. The number of fused-ring (bicyclic) bond motifs is 1. The molecule has 0 spiro atoms. The normalized spacial score (nSPS) is 10.5. The number of benzene rings is 1. The van der Waals surface area contributed by atoms with Crippen LogP contribution in [0.1, 0.15) is 16.1 Å². The van der Waals surface area contributed by atoms with E-state index >= 15 is 0 Å². The summed E-state index contributed by atoms with van der Waals surface area (Å²) in [5.41, 5.74) is 1.49. The molecule has 2 aromatic heterocycles. The van der Waals surface area contributed by atoms with Crippen LogP contribution < -0.4 is 5.32 Å². The van der Waals surface area contributed by atoms with Crippen molar-refractivity contribution in [1.82, 2.24) is 14.7 Å². The molecule has 7 heteroatoms. The molecule has 0 saturated heterocycles. The zero-order valence-electron chi connectivity index (χ0n) is 12.6. The number of halogens is 1. The molecule has 0 fully saturated rings. The molecule has 3 rings (SSSR count). The third-order valence-electron chi connectivity index (χ3n) is 3.31. The van der Waals surface area contributed by atoms with Crippen LogP contribution in [-0.4, -0.2) is 27.9 Å². The molecule has 6 nitrogen and oxygen atoms in total. The number of nitrogens with one attached hydrogen (secondary N) is 1. The van der Waals surface area contributed by atoms with Crippen molar-refractivity contribution in [2.75, 3.05) is 6.61 Å². The average molecular weight is 327 g/mol. The van der Waals surface area contributed by atoms with E-state index in [4.69, 9.17) is 4.74 Å². The SMILES string of the molecule is O=C(COC(=O)c1cn2ccccc2n1)NCc1ccc(F)cc1. The fourth-order valence-corrected chi connectivity index (χ4v) is 2.09. The lowest BCUT2D eigenvalue weighted by Gasteiger charge is -2.05. The van der Waals surface area contributed by atoms with Gasteiger partial charge in [0.2, 0.25) is 0 Å². The van der Waals surface area contributed by atoms with Gasteiger partial charge in [0.15, 0.2) is 12.3 Å². The van der Waals surface area contributed by atoms with Gasteiger partial charge in [-0.2, -0.15) is 0 Å². The molecular formula is C17H14FN3O3. The van der Waals surface area contributed by atoms with Crippen LogP contribution in [0.2, 0.25) is 0 Å². The molecule has 24 heavy (non-hydrogen) atoms. The summed E-state index contributed by atoms with van der Waals surface area (Å²) in [7, 11) is 0. The Morgan fingerprint density at radius 1 is 1.17 bits per heavy atom. The topological polar surface area (TPSA) is 72.7 Å². The fraction of sp³-hybridized carbons (Fsp3) is 0.118. The molecule has 0 radical (unpaired) electrons. The van der Waals surface area contributed by atoms with Crippen molar-refractivity contribution >= 4 is 17.5 Å². The highest BCUT2D eigenvalue weighted by Crippen LogP contribution is 2.06. The Kier molecular flexibility index (Phi) is 4.51. The largest absolute Gasteiger partial charge is 0.451 e. The Balaban J connectivity index is 1.50. The summed E-state index contributed by atoms with van der Waals surface area (Å²) in [6, 6.07) is 11.1. The third-order valence-corrected chi connectivity index (χ3v) is 3.31. The van der Waals surface area contributed by atoms with Crippen LogP contribution in [0.4, 0.5) is 4.39 Å². The number of hydrogen-bond donors (Lipinski definition) is 1. The third kappa shape index (κ3) is 3.75. The van der Waals surface area contributed by atoms with E-state index in [-0.39, 0.29) is 18.1 Å². The van der Waals surface area contributed by atoms with Crippen molar-refractivity contribution in [3.8, 4) is 0 Å². The van der Waals surface area contributed by atoms with E-state index in [2.05, 4.69) is 10.3 Å². The number of carbonyl (C=O) groups excluding carboxylic acids is 2. The summed E-state index contributed by atoms with van der Waals surface area (Å²) in [6.45, 7) is -0.182. The first-order valence-electron chi connectivity index (χ1n) is 7.24. The van der Waals surface area contributed by atoms with Gasteiger partial charge in [0.25, 0.3) is 5.91 Å². The highest BCUT2D eigenvalue weighted by molar-refractivity contribution is 5.90.